The fraction of sp³-hybridized carbons (Fsp3) is 0.571. The van der Waals surface area contributed by atoms with Crippen LogP contribution in [-0.2, 0) is 4.74 Å². The van der Waals surface area contributed by atoms with Gasteiger partial charge in [0, 0.05) is 13.2 Å². The van der Waals surface area contributed by atoms with Crippen LogP contribution in [0.15, 0.2) is 24.3 Å². The summed E-state index contributed by atoms with van der Waals surface area (Å²) >= 11 is 0. The Morgan fingerprint density at radius 2 is 2.05 bits per heavy atom. The predicted octanol–water partition coefficient (Wildman–Crippen LogP) is 2.49. The highest BCUT2D eigenvalue weighted by Crippen LogP contribution is 2.29. The average Bonchev–Trinajstić information content (AvgIpc) is 3.21. The molecule has 0 radical (unpaired) electrons. The molecular weight excluding hydrogens is 268 g/mol. The standard InChI is InChI=1S/C14H19F2NO3/c15-14(16)20-13-4-2-1-3-12(13)17-7-11(18)9-19-8-10-5-6-10/h1-4,10-11,14,17-18H,5-9H2. The van der Waals surface area contributed by atoms with Crippen LogP contribution in [0.5, 0.6) is 5.75 Å². The maximum absolute atomic E-state index is 12.2. The van der Waals surface area contributed by atoms with Crippen molar-refractivity contribution in [2.45, 2.75) is 25.6 Å². The lowest BCUT2D eigenvalue weighted by molar-refractivity contribution is -0.0493. The van der Waals surface area contributed by atoms with Gasteiger partial charge >= 0.3 is 6.61 Å². The number of anilines is 1. The molecule has 0 spiro atoms. The Hall–Kier alpha value is -1.40. The smallest absolute Gasteiger partial charge is 0.387 e. The molecule has 0 aliphatic heterocycles. The number of rotatable bonds is 9. The second-order valence-corrected chi connectivity index (χ2v) is 4.89. The van der Waals surface area contributed by atoms with E-state index in [1.54, 1.807) is 18.2 Å². The minimum absolute atomic E-state index is 0.0635. The Morgan fingerprint density at radius 1 is 1.30 bits per heavy atom. The number of alkyl halides is 2. The van der Waals surface area contributed by atoms with Gasteiger partial charge in [0.15, 0.2) is 0 Å². The molecule has 1 aliphatic carbocycles. The third-order valence-corrected chi connectivity index (χ3v) is 2.99. The van der Waals surface area contributed by atoms with Crippen molar-refractivity contribution in [1.29, 1.82) is 0 Å². The monoisotopic (exact) mass is 287 g/mol. The van der Waals surface area contributed by atoms with Crippen molar-refractivity contribution in [2.75, 3.05) is 25.1 Å². The molecule has 1 atom stereocenters. The second-order valence-electron chi connectivity index (χ2n) is 4.89. The first-order valence-electron chi connectivity index (χ1n) is 6.68. The second kappa shape index (κ2) is 7.40. The maximum atomic E-state index is 12.2. The lowest BCUT2D eigenvalue weighted by Crippen LogP contribution is -2.25. The van der Waals surface area contributed by atoms with E-state index in [4.69, 9.17) is 4.74 Å². The van der Waals surface area contributed by atoms with Crippen molar-refractivity contribution in [1.82, 2.24) is 0 Å². The van der Waals surface area contributed by atoms with Gasteiger partial charge in [0.1, 0.15) is 5.75 Å². The SMILES string of the molecule is OC(CNc1ccccc1OC(F)F)COCC1CC1. The van der Waals surface area contributed by atoms with Gasteiger partial charge in [0.05, 0.1) is 18.4 Å². The number of benzene rings is 1. The molecule has 0 aromatic heterocycles. The Morgan fingerprint density at radius 3 is 2.75 bits per heavy atom. The molecule has 1 fully saturated rings. The molecule has 20 heavy (non-hydrogen) atoms. The molecule has 0 heterocycles. The topological polar surface area (TPSA) is 50.7 Å². The Kier molecular flexibility index (Phi) is 5.55. The lowest BCUT2D eigenvalue weighted by Gasteiger charge is -2.15. The molecule has 0 bridgehead atoms. The molecule has 4 nitrogen and oxygen atoms in total. The molecule has 1 unspecified atom stereocenters. The molecule has 1 aliphatic rings. The number of aliphatic hydroxyl groups is 1. The Bertz CT molecular complexity index is 413. The van der Waals surface area contributed by atoms with Crippen LogP contribution in [0.3, 0.4) is 0 Å². The maximum Gasteiger partial charge on any atom is 0.387 e. The third kappa shape index (κ3) is 5.30. The summed E-state index contributed by atoms with van der Waals surface area (Å²) in [6.45, 7) is -1.73. The molecule has 2 N–H and O–H groups in total. The van der Waals surface area contributed by atoms with Crippen LogP contribution in [0.1, 0.15) is 12.8 Å². The zero-order valence-corrected chi connectivity index (χ0v) is 11.1. The number of para-hydroxylation sites is 2. The zero-order chi connectivity index (χ0) is 14.4. The summed E-state index contributed by atoms with van der Waals surface area (Å²) in [5.41, 5.74) is 0.425. The van der Waals surface area contributed by atoms with Gasteiger partial charge in [-0.15, -0.1) is 0 Å². The van der Waals surface area contributed by atoms with Crippen molar-refractivity contribution < 1.29 is 23.4 Å². The van der Waals surface area contributed by atoms with Gasteiger partial charge in [-0.3, -0.25) is 0 Å². The van der Waals surface area contributed by atoms with Crippen molar-refractivity contribution in [3.63, 3.8) is 0 Å². The first-order chi connectivity index (χ1) is 9.65. The number of hydrogen-bond donors (Lipinski definition) is 2. The summed E-state index contributed by atoms with van der Waals surface area (Å²) in [5, 5.41) is 12.6. The fourth-order valence-electron chi connectivity index (χ4n) is 1.75. The first-order valence-corrected chi connectivity index (χ1v) is 6.68. The van der Waals surface area contributed by atoms with E-state index in [1.165, 1.54) is 18.9 Å². The van der Waals surface area contributed by atoms with Crippen LogP contribution < -0.4 is 10.1 Å². The molecule has 2 rings (SSSR count). The summed E-state index contributed by atoms with van der Waals surface area (Å²) in [7, 11) is 0. The number of ether oxygens (including phenoxy) is 2. The molecule has 1 saturated carbocycles. The molecule has 1 aromatic rings. The summed E-state index contributed by atoms with van der Waals surface area (Å²) in [6.07, 6.45) is 1.72. The van der Waals surface area contributed by atoms with Crippen LogP contribution in [-0.4, -0.2) is 37.6 Å². The normalized spacial score (nSPS) is 16.2. The van der Waals surface area contributed by atoms with E-state index in [9.17, 15) is 13.9 Å². The molecule has 6 heteroatoms. The predicted molar refractivity (Wildman–Crippen MR) is 71.1 cm³/mol. The van der Waals surface area contributed by atoms with Crippen molar-refractivity contribution >= 4 is 5.69 Å². The minimum Gasteiger partial charge on any atom is -0.433 e. The largest absolute Gasteiger partial charge is 0.433 e. The Labute approximate surface area is 116 Å². The van der Waals surface area contributed by atoms with Gasteiger partial charge in [-0.2, -0.15) is 8.78 Å². The lowest BCUT2D eigenvalue weighted by atomic mass is 10.2. The zero-order valence-electron chi connectivity index (χ0n) is 11.1. The molecule has 0 saturated heterocycles. The molecule has 0 amide bonds. The van der Waals surface area contributed by atoms with Gasteiger partial charge in [0.2, 0.25) is 0 Å². The van der Waals surface area contributed by atoms with Gasteiger partial charge < -0.3 is 19.9 Å². The molecule has 112 valence electrons. The van der Waals surface area contributed by atoms with Gasteiger partial charge in [0.25, 0.3) is 0 Å². The van der Waals surface area contributed by atoms with E-state index in [-0.39, 0.29) is 18.9 Å². The number of nitrogens with one attached hydrogen (secondary N) is 1. The summed E-state index contributed by atoms with van der Waals surface area (Å²) in [6, 6.07) is 6.38. The van der Waals surface area contributed by atoms with Crippen LogP contribution >= 0.6 is 0 Å². The van der Waals surface area contributed by atoms with Crippen molar-refractivity contribution in [3.05, 3.63) is 24.3 Å². The van der Waals surface area contributed by atoms with Crippen LogP contribution in [0.25, 0.3) is 0 Å². The highest BCUT2D eigenvalue weighted by atomic mass is 19.3. The van der Waals surface area contributed by atoms with Gasteiger partial charge in [-0.1, -0.05) is 12.1 Å². The van der Waals surface area contributed by atoms with E-state index in [0.29, 0.717) is 18.2 Å². The average molecular weight is 287 g/mol. The quantitative estimate of drug-likeness (QED) is 0.732. The Balaban J connectivity index is 1.74. The van der Waals surface area contributed by atoms with Crippen molar-refractivity contribution in [2.24, 2.45) is 5.92 Å². The highest BCUT2D eigenvalue weighted by Gasteiger charge is 2.21. The molecular formula is C14H19F2NO3. The summed E-state index contributed by atoms with van der Waals surface area (Å²) < 4.78 is 34.2. The third-order valence-electron chi connectivity index (χ3n) is 2.99. The number of halogens is 2. The van der Waals surface area contributed by atoms with E-state index in [0.717, 1.165) is 0 Å². The molecule has 1 aromatic carbocycles. The minimum atomic E-state index is -2.87. The number of hydrogen-bond acceptors (Lipinski definition) is 4. The van der Waals surface area contributed by atoms with E-state index < -0.39 is 12.7 Å². The van der Waals surface area contributed by atoms with Crippen LogP contribution in [0.2, 0.25) is 0 Å². The van der Waals surface area contributed by atoms with Gasteiger partial charge in [-0.25, -0.2) is 0 Å². The van der Waals surface area contributed by atoms with Crippen LogP contribution in [0.4, 0.5) is 14.5 Å². The number of aliphatic hydroxyl groups excluding tert-OH is 1. The first kappa shape index (κ1) is 15.0. The van der Waals surface area contributed by atoms with E-state index >= 15 is 0 Å². The van der Waals surface area contributed by atoms with E-state index in [1.807, 2.05) is 0 Å². The van der Waals surface area contributed by atoms with E-state index in [2.05, 4.69) is 10.1 Å². The summed E-state index contributed by atoms with van der Waals surface area (Å²) in [5.74, 6) is 0.712. The fourth-order valence-corrected chi connectivity index (χ4v) is 1.75. The summed E-state index contributed by atoms with van der Waals surface area (Å²) in [4.78, 5) is 0. The van der Waals surface area contributed by atoms with Gasteiger partial charge in [-0.05, 0) is 30.9 Å². The highest BCUT2D eigenvalue weighted by molar-refractivity contribution is 5.56. The van der Waals surface area contributed by atoms with Crippen LogP contribution in [0, 0.1) is 5.92 Å². The van der Waals surface area contributed by atoms with Crippen molar-refractivity contribution in [3.8, 4) is 5.75 Å².